The van der Waals surface area contributed by atoms with Crippen molar-refractivity contribution >= 4 is 5.91 Å². The van der Waals surface area contributed by atoms with Gasteiger partial charge in [-0.25, -0.2) is 0 Å². The molecule has 1 unspecified atom stereocenters. The Morgan fingerprint density at radius 3 is 2.76 bits per heavy atom. The Hall–Kier alpha value is -1.42. The monoisotopic (exact) mass is 235 g/mol. The summed E-state index contributed by atoms with van der Waals surface area (Å²) in [6, 6.07) is 3.82. The predicted molar refractivity (Wildman–Crippen MR) is 68.3 cm³/mol. The molecular formula is C13H21N3O. The average molecular weight is 235 g/mol. The van der Waals surface area contributed by atoms with Gasteiger partial charge in [0, 0.05) is 25.5 Å². The van der Waals surface area contributed by atoms with E-state index in [4.69, 9.17) is 0 Å². The van der Waals surface area contributed by atoms with Crippen LogP contribution in [-0.4, -0.2) is 24.5 Å². The average Bonchev–Trinajstić information content (AvgIpc) is 2.34. The molecule has 0 aliphatic rings. The summed E-state index contributed by atoms with van der Waals surface area (Å²) in [4.78, 5) is 16.0. The van der Waals surface area contributed by atoms with Crippen molar-refractivity contribution in [3.8, 4) is 0 Å². The van der Waals surface area contributed by atoms with Crippen molar-refractivity contribution in [3.63, 3.8) is 0 Å². The van der Waals surface area contributed by atoms with Crippen LogP contribution < -0.4 is 10.6 Å². The second kappa shape index (κ2) is 7.01. The fourth-order valence-corrected chi connectivity index (χ4v) is 1.67. The molecule has 1 atom stereocenters. The lowest BCUT2D eigenvalue weighted by molar-refractivity contribution is -0.126. The Morgan fingerprint density at radius 1 is 1.47 bits per heavy atom. The summed E-state index contributed by atoms with van der Waals surface area (Å²) in [5, 5.41) is 6.00. The molecule has 0 radical (unpaired) electrons. The van der Waals surface area contributed by atoms with E-state index in [0.717, 1.165) is 5.56 Å². The number of hydrogen-bond donors (Lipinski definition) is 2. The van der Waals surface area contributed by atoms with E-state index in [0.29, 0.717) is 19.0 Å². The zero-order valence-corrected chi connectivity index (χ0v) is 10.7. The molecular weight excluding hydrogens is 214 g/mol. The molecule has 0 aromatic carbocycles. The smallest absolute Gasteiger partial charge is 0.224 e. The number of nitrogens with one attached hydrogen (secondary N) is 2. The van der Waals surface area contributed by atoms with Gasteiger partial charge in [-0.3, -0.25) is 9.78 Å². The summed E-state index contributed by atoms with van der Waals surface area (Å²) >= 11 is 0. The van der Waals surface area contributed by atoms with Crippen LogP contribution >= 0.6 is 0 Å². The second-order valence-electron chi connectivity index (χ2n) is 4.49. The molecule has 0 aliphatic heterocycles. The molecule has 0 saturated carbocycles. The minimum atomic E-state index is 0.0108. The summed E-state index contributed by atoms with van der Waals surface area (Å²) < 4.78 is 0. The summed E-state index contributed by atoms with van der Waals surface area (Å²) in [6.45, 7) is 5.37. The molecule has 0 fully saturated rings. The topological polar surface area (TPSA) is 54.0 Å². The van der Waals surface area contributed by atoms with Crippen LogP contribution in [0, 0.1) is 11.8 Å². The number of rotatable bonds is 6. The fraction of sp³-hybridized carbons (Fsp3) is 0.538. The van der Waals surface area contributed by atoms with E-state index in [2.05, 4.69) is 29.5 Å². The first-order valence-electron chi connectivity index (χ1n) is 5.96. The van der Waals surface area contributed by atoms with Crippen molar-refractivity contribution in [1.29, 1.82) is 0 Å². The molecule has 94 valence electrons. The van der Waals surface area contributed by atoms with Crippen molar-refractivity contribution in [2.75, 3.05) is 13.6 Å². The molecule has 0 aliphatic carbocycles. The highest BCUT2D eigenvalue weighted by Gasteiger charge is 2.20. The first kappa shape index (κ1) is 13.6. The predicted octanol–water partition coefficient (Wildman–Crippen LogP) is 1.19. The highest BCUT2D eigenvalue weighted by atomic mass is 16.1. The summed E-state index contributed by atoms with van der Waals surface area (Å²) in [5.41, 5.74) is 1.02. The van der Waals surface area contributed by atoms with Gasteiger partial charge in [-0.2, -0.15) is 0 Å². The van der Waals surface area contributed by atoms with Gasteiger partial charge in [0.2, 0.25) is 5.91 Å². The molecule has 1 aromatic rings. The van der Waals surface area contributed by atoms with E-state index in [-0.39, 0.29) is 11.8 Å². The van der Waals surface area contributed by atoms with Crippen molar-refractivity contribution < 1.29 is 4.79 Å². The molecule has 1 amide bonds. The minimum absolute atomic E-state index is 0.0108. The lowest BCUT2D eigenvalue weighted by atomic mass is 9.95. The maximum Gasteiger partial charge on any atom is 0.224 e. The maximum absolute atomic E-state index is 12.0. The SMILES string of the molecule is CNCC(C(=O)NCc1cccnc1)C(C)C. The Balaban J connectivity index is 2.47. The minimum Gasteiger partial charge on any atom is -0.352 e. The van der Waals surface area contributed by atoms with Gasteiger partial charge in [-0.1, -0.05) is 19.9 Å². The first-order chi connectivity index (χ1) is 8.15. The zero-order valence-electron chi connectivity index (χ0n) is 10.7. The Morgan fingerprint density at radius 2 is 2.24 bits per heavy atom. The molecule has 0 spiro atoms. The van der Waals surface area contributed by atoms with Crippen LogP contribution in [0.2, 0.25) is 0 Å². The molecule has 1 rings (SSSR count). The van der Waals surface area contributed by atoms with E-state index in [9.17, 15) is 4.79 Å². The zero-order chi connectivity index (χ0) is 12.7. The van der Waals surface area contributed by atoms with Crippen LogP contribution in [0.3, 0.4) is 0 Å². The number of aromatic nitrogens is 1. The molecule has 4 heteroatoms. The third kappa shape index (κ3) is 4.53. The van der Waals surface area contributed by atoms with Crippen LogP contribution in [0.25, 0.3) is 0 Å². The molecule has 1 aromatic heterocycles. The molecule has 0 saturated heterocycles. The third-order valence-electron chi connectivity index (χ3n) is 2.76. The van der Waals surface area contributed by atoms with Gasteiger partial charge in [0.25, 0.3) is 0 Å². The van der Waals surface area contributed by atoms with E-state index in [1.54, 1.807) is 12.4 Å². The Bertz CT molecular complexity index is 338. The van der Waals surface area contributed by atoms with Crippen LogP contribution in [0.4, 0.5) is 0 Å². The molecule has 1 heterocycles. The number of hydrogen-bond acceptors (Lipinski definition) is 3. The number of nitrogens with zero attached hydrogens (tertiary/aromatic N) is 1. The number of amides is 1. The maximum atomic E-state index is 12.0. The quantitative estimate of drug-likeness (QED) is 0.778. The van der Waals surface area contributed by atoms with Gasteiger partial charge in [-0.05, 0) is 24.6 Å². The Labute approximate surface area is 103 Å². The fourth-order valence-electron chi connectivity index (χ4n) is 1.67. The van der Waals surface area contributed by atoms with Gasteiger partial charge >= 0.3 is 0 Å². The summed E-state index contributed by atoms with van der Waals surface area (Å²) in [7, 11) is 1.86. The third-order valence-corrected chi connectivity index (χ3v) is 2.76. The highest BCUT2D eigenvalue weighted by Crippen LogP contribution is 2.10. The second-order valence-corrected chi connectivity index (χ2v) is 4.49. The van der Waals surface area contributed by atoms with Gasteiger partial charge in [0.15, 0.2) is 0 Å². The van der Waals surface area contributed by atoms with Crippen molar-refractivity contribution in [1.82, 2.24) is 15.6 Å². The number of pyridine rings is 1. The summed E-state index contributed by atoms with van der Waals surface area (Å²) in [6.07, 6.45) is 3.49. The first-order valence-corrected chi connectivity index (χ1v) is 5.96. The highest BCUT2D eigenvalue weighted by molar-refractivity contribution is 5.79. The van der Waals surface area contributed by atoms with Gasteiger partial charge in [0.1, 0.15) is 0 Å². The van der Waals surface area contributed by atoms with E-state index < -0.39 is 0 Å². The number of carbonyl (C=O) groups excluding carboxylic acids is 1. The van der Waals surface area contributed by atoms with Crippen molar-refractivity contribution in [3.05, 3.63) is 30.1 Å². The normalized spacial score (nSPS) is 12.5. The van der Waals surface area contributed by atoms with Crippen LogP contribution in [-0.2, 0) is 11.3 Å². The van der Waals surface area contributed by atoms with Gasteiger partial charge in [0.05, 0.1) is 5.92 Å². The van der Waals surface area contributed by atoms with Crippen molar-refractivity contribution in [2.45, 2.75) is 20.4 Å². The van der Waals surface area contributed by atoms with Crippen LogP contribution in [0.5, 0.6) is 0 Å². The van der Waals surface area contributed by atoms with Gasteiger partial charge in [-0.15, -0.1) is 0 Å². The number of carbonyl (C=O) groups is 1. The van der Waals surface area contributed by atoms with Gasteiger partial charge < -0.3 is 10.6 Å². The standard InChI is InChI=1S/C13H21N3O/c1-10(2)12(9-14-3)13(17)16-8-11-5-4-6-15-7-11/h4-7,10,12,14H,8-9H2,1-3H3,(H,16,17). The molecule has 2 N–H and O–H groups in total. The van der Waals surface area contributed by atoms with E-state index >= 15 is 0 Å². The molecule has 0 bridgehead atoms. The lowest BCUT2D eigenvalue weighted by Gasteiger charge is -2.19. The van der Waals surface area contributed by atoms with Crippen molar-refractivity contribution in [2.24, 2.45) is 11.8 Å². The Kier molecular flexibility index (Phi) is 5.63. The van der Waals surface area contributed by atoms with E-state index in [1.807, 2.05) is 19.2 Å². The molecule has 4 nitrogen and oxygen atoms in total. The van der Waals surface area contributed by atoms with Crippen LogP contribution in [0.15, 0.2) is 24.5 Å². The van der Waals surface area contributed by atoms with E-state index in [1.165, 1.54) is 0 Å². The largest absolute Gasteiger partial charge is 0.352 e. The van der Waals surface area contributed by atoms with Crippen LogP contribution in [0.1, 0.15) is 19.4 Å². The lowest BCUT2D eigenvalue weighted by Crippen LogP contribution is -2.38. The molecule has 17 heavy (non-hydrogen) atoms. The summed E-state index contributed by atoms with van der Waals surface area (Å²) in [5.74, 6) is 0.436.